The average molecular weight is 191 g/mol. The van der Waals surface area contributed by atoms with Gasteiger partial charge in [0.25, 0.3) is 14.1 Å². The number of hydrogen-bond acceptors (Lipinski definition) is 2. The van der Waals surface area contributed by atoms with Crippen molar-refractivity contribution < 1.29 is 17.2 Å². The van der Waals surface area contributed by atoms with E-state index in [2.05, 4.69) is 10.7 Å². The Kier molecular flexibility index (Phi) is 1.67. The molecule has 0 radical (unpaired) electrons. The van der Waals surface area contributed by atoms with E-state index in [1.54, 1.807) is 0 Å². The molecule has 1 aliphatic carbocycles. The first-order valence-corrected chi connectivity index (χ1v) is 4.96. The van der Waals surface area contributed by atoms with Crippen molar-refractivity contribution in [1.29, 1.82) is 0 Å². The lowest BCUT2D eigenvalue weighted by atomic mass is 9.94. The number of alkyl halides is 2. The quantitative estimate of drug-likeness (QED) is 0.585. The molecular weight excluding hydrogens is 186 g/mol. The van der Waals surface area contributed by atoms with Gasteiger partial charge < -0.3 is 0 Å². The van der Waals surface area contributed by atoms with Gasteiger partial charge in [-0.15, -0.1) is 0 Å². The average Bonchev–Trinajstić information content (AvgIpc) is 1.80. The third kappa shape index (κ3) is 0.917. The zero-order valence-corrected chi connectivity index (χ0v) is 6.42. The van der Waals surface area contributed by atoms with E-state index in [0.717, 1.165) is 0 Å². The van der Waals surface area contributed by atoms with Crippen LogP contribution in [0.15, 0.2) is 0 Å². The fourth-order valence-corrected chi connectivity index (χ4v) is 2.06. The van der Waals surface area contributed by atoms with E-state index in [4.69, 9.17) is 0 Å². The number of rotatable bonds is 1. The summed E-state index contributed by atoms with van der Waals surface area (Å²) in [5, 5.41) is -2.81. The van der Waals surface area contributed by atoms with Crippen molar-refractivity contribution in [3.05, 3.63) is 0 Å². The normalized spacial score (nSPS) is 40.9. The molecule has 0 aromatic heterocycles. The maximum Gasteiger partial charge on any atom is 0.270 e. The summed E-state index contributed by atoms with van der Waals surface area (Å²) in [6.45, 7) is 0. The number of hydrogen-bond donors (Lipinski definition) is 0. The molecule has 0 saturated heterocycles. The van der Waals surface area contributed by atoms with E-state index in [9.17, 15) is 17.2 Å². The van der Waals surface area contributed by atoms with Crippen molar-refractivity contribution in [2.24, 2.45) is 0 Å². The predicted molar refractivity (Wildman–Crippen MR) is 32.7 cm³/mol. The van der Waals surface area contributed by atoms with E-state index in [1.165, 1.54) is 0 Å². The molecule has 6 heteroatoms. The van der Waals surface area contributed by atoms with Crippen LogP contribution in [0.5, 0.6) is 0 Å². The Morgan fingerprint density at radius 1 is 1.60 bits per heavy atom. The molecule has 0 aromatic rings. The summed E-state index contributed by atoms with van der Waals surface area (Å²) in [5.41, 5.74) is 0. The van der Waals surface area contributed by atoms with Crippen LogP contribution >= 0.6 is 10.7 Å². The van der Waals surface area contributed by atoms with Crippen LogP contribution in [0.1, 0.15) is 12.8 Å². The van der Waals surface area contributed by atoms with Crippen LogP contribution in [0.2, 0.25) is 0 Å². The highest BCUT2D eigenvalue weighted by atomic mass is 35.7. The van der Waals surface area contributed by atoms with Crippen LogP contribution in [0, 0.1) is 0 Å². The second-order valence-corrected chi connectivity index (χ2v) is 5.00. The molecule has 0 aliphatic heterocycles. The molecule has 1 saturated carbocycles. The van der Waals surface area contributed by atoms with E-state index >= 15 is 0 Å². The van der Waals surface area contributed by atoms with Gasteiger partial charge in [0, 0.05) is 17.1 Å². The smallest absolute Gasteiger partial charge is 0.243 e. The van der Waals surface area contributed by atoms with Crippen molar-refractivity contribution >= 4 is 19.7 Å². The van der Waals surface area contributed by atoms with Crippen molar-refractivity contribution in [3.8, 4) is 0 Å². The van der Waals surface area contributed by atoms with Gasteiger partial charge in [-0.05, 0) is 6.42 Å². The van der Waals surface area contributed by atoms with Crippen LogP contribution in [0.3, 0.4) is 0 Å². The maximum atomic E-state index is 12.7. The minimum Gasteiger partial charge on any atom is -0.243 e. The molecule has 2 unspecified atom stereocenters. The van der Waals surface area contributed by atoms with E-state index in [-0.39, 0.29) is 12.8 Å². The first kappa shape index (κ1) is 8.20. The summed E-state index contributed by atoms with van der Waals surface area (Å²) >= 11 is 0. The van der Waals surface area contributed by atoms with Gasteiger partial charge in [-0.3, -0.25) is 0 Å². The van der Waals surface area contributed by atoms with E-state index in [0.29, 0.717) is 0 Å². The third-order valence-corrected chi connectivity index (χ3v) is 3.65. The zero-order chi connectivity index (χ0) is 7.99. The molecular formula is C4H5ClF2O2S. The van der Waals surface area contributed by atoms with Gasteiger partial charge in [-0.25, -0.2) is 17.2 Å². The van der Waals surface area contributed by atoms with Crippen LogP contribution in [-0.2, 0) is 9.05 Å². The molecule has 1 fully saturated rings. The summed E-state index contributed by atoms with van der Waals surface area (Å²) in [5.74, 6) is 0. The molecule has 1 aliphatic rings. The standard InChI is InChI=1S/C4H5ClF2O2S/c5-10(8,9)4(7)2-1-3(4)6/h3H,1-2H2. The first-order chi connectivity index (χ1) is 4.38. The van der Waals surface area contributed by atoms with Crippen molar-refractivity contribution in [2.45, 2.75) is 24.0 Å². The van der Waals surface area contributed by atoms with Crippen LogP contribution in [-0.4, -0.2) is 19.6 Å². The van der Waals surface area contributed by atoms with Crippen molar-refractivity contribution in [1.82, 2.24) is 0 Å². The topological polar surface area (TPSA) is 34.1 Å². The highest BCUT2D eigenvalue weighted by Crippen LogP contribution is 2.44. The Morgan fingerprint density at radius 2 is 2.10 bits per heavy atom. The molecule has 0 amide bonds. The van der Waals surface area contributed by atoms with Crippen molar-refractivity contribution in [2.75, 3.05) is 0 Å². The summed E-state index contributed by atoms with van der Waals surface area (Å²) in [4.78, 5) is 0. The van der Waals surface area contributed by atoms with Gasteiger partial charge in [0.05, 0.1) is 0 Å². The summed E-state index contributed by atoms with van der Waals surface area (Å²) < 4.78 is 45.5. The number of halogens is 3. The molecule has 0 heterocycles. The van der Waals surface area contributed by atoms with Gasteiger partial charge in [-0.1, -0.05) is 0 Å². The van der Waals surface area contributed by atoms with E-state index in [1.807, 2.05) is 0 Å². The van der Waals surface area contributed by atoms with Crippen LogP contribution < -0.4 is 0 Å². The Hall–Kier alpha value is 0.1000. The summed E-state index contributed by atoms with van der Waals surface area (Å²) in [7, 11) is 0.244. The van der Waals surface area contributed by atoms with Gasteiger partial charge in [0.1, 0.15) is 6.17 Å². The third-order valence-electron chi connectivity index (χ3n) is 1.61. The Morgan fingerprint density at radius 3 is 2.10 bits per heavy atom. The monoisotopic (exact) mass is 190 g/mol. The predicted octanol–water partition coefficient (Wildman–Crippen LogP) is 1.35. The van der Waals surface area contributed by atoms with Crippen LogP contribution in [0.4, 0.5) is 8.78 Å². The van der Waals surface area contributed by atoms with Gasteiger partial charge in [-0.2, -0.15) is 0 Å². The first-order valence-electron chi connectivity index (χ1n) is 2.65. The molecule has 2 nitrogen and oxygen atoms in total. The van der Waals surface area contributed by atoms with E-state index < -0.39 is 20.2 Å². The molecule has 0 aromatic carbocycles. The van der Waals surface area contributed by atoms with Gasteiger partial charge in [0.2, 0.25) is 0 Å². The minimum atomic E-state index is -4.38. The fourth-order valence-electron chi connectivity index (χ4n) is 0.755. The van der Waals surface area contributed by atoms with Crippen molar-refractivity contribution in [3.63, 3.8) is 0 Å². The zero-order valence-electron chi connectivity index (χ0n) is 4.85. The second-order valence-electron chi connectivity index (χ2n) is 2.23. The molecule has 60 valence electrons. The molecule has 0 N–H and O–H groups in total. The molecule has 0 spiro atoms. The highest BCUT2D eigenvalue weighted by molar-refractivity contribution is 8.14. The highest BCUT2D eigenvalue weighted by Gasteiger charge is 2.58. The Labute approximate surface area is 61.6 Å². The molecule has 0 bridgehead atoms. The maximum absolute atomic E-state index is 12.7. The summed E-state index contributed by atoms with van der Waals surface area (Å²) in [6.07, 6.45) is -2.35. The lowest BCUT2D eigenvalue weighted by molar-refractivity contribution is 0.0334. The van der Waals surface area contributed by atoms with Crippen LogP contribution in [0.25, 0.3) is 0 Å². The summed E-state index contributed by atoms with van der Waals surface area (Å²) in [6, 6.07) is 0. The Bertz CT molecular complexity index is 240. The minimum absolute atomic E-state index is 0.0670. The Balaban J connectivity index is 2.91. The lowest BCUT2D eigenvalue weighted by Crippen LogP contribution is -2.49. The SMILES string of the molecule is O=S(=O)(Cl)C1(F)CCC1F. The van der Waals surface area contributed by atoms with Gasteiger partial charge >= 0.3 is 0 Å². The largest absolute Gasteiger partial charge is 0.270 e. The van der Waals surface area contributed by atoms with Gasteiger partial charge in [0.15, 0.2) is 0 Å². The molecule has 2 atom stereocenters. The molecule has 1 rings (SSSR count). The fraction of sp³-hybridized carbons (Fsp3) is 1.00. The lowest BCUT2D eigenvalue weighted by Gasteiger charge is -2.34. The second kappa shape index (κ2) is 2.04. The molecule has 10 heavy (non-hydrogen) atoms.